The van der Waals surface area contributed by atoms with Crippen molar-refractivity contribution in [1.82, 2.24) is 0 Å². The Morgan fingerprint density at radius 1 is 0.808 bits per heavy atom. The first-order valence-corrected chi connectivity index (χ1v) is 9.56. The van der Waals surface area contributed by atoms with Crippen LogP contribution in [0.3, 0.4) is 0 Å². The van der Waals surface area contributed by atoms with E-state index in [2.05, 4.69) is 0 Å². The highest BCUT2D eigenvalue weighted by atomic mass is 35.5. The SMILES string of the molecule is N=C1C(c2ccc(Cl)cc2)N(c2ccccc2)S(=O)N1c1ccccc1. The lowest BCUT2D eigenvalue weighted by Gasteiger charge is -2.23. The molecule has 0 bridgehead atoms. The van der Waals surface area contributed by atoms with Gasteiger partial charge in [-0.3, -0.25) is 9.71 Å². The summed E-state index contributed by atoms with van der Waals surface area (Å²) in [5, 5.41) is 9.39. The van der Waals surface area contributed by atoms with Gasteiger partial charge in [-0.2, -0.15) is 0 Å². The Balaban J connectivity index is 1.84. The Labute approximate surface area is 159 Å². The second-order valence-electron chi connectivity index (χ2n) is 5.86. The van der Waals surface area contributed by atoms with Crippen LogP contribution < -0.4 is 8.61 Å². The van der Waals surface area contributed by atoms with Crippen LogP contribution in [0.4, 0.5) is 11.4 Å². The largest absolute Gasteiger partial charge is 0.285 e. The summed E-state index contributed by atoms with van der Waals surface area (Å²) in [7, 11) is 0. The van der Waals surface area contributed by atoms with Crippen LogP contribution in [-0.4, -0.2) is 10.0 Å². The monoisotopic (exact) mass is 381 g/mol. The summed E-state index contributed by atoms with van der Waals surface area (Å²) < 4.78 is 16.7. The summed E-state index contributed by atoms with van der Waals surface area (Å²) >= 11 is 4.47. The molecular formula is C20H16ClN3OS. The highest BCUT2D eigenvalue weighted by molar-refractivity contribution is 7.89. The third-order valence-electron chi connectivity index (χ3n) is 4.22. The number of halogens is 1. The van der Waals surface area contributed by atoms with Crippen molar-refractivity contribution < 1.29 is 4.21 Å². The van der Waals surface area contributed by atoms with Gasteiger partial charge < -0.3 is 0 Å². The maximum absolute atomic E-state index is 13.4. The van der Waals surface area contributed by atoms with Crippen molar-refractivity contribution in [2.75, 3.05) is 8.61 Å². The van der Waals surface area contributed by atoms with Gasteiger partial charge in [-0.15, -0.1) is 0 Å². The Morgan fingerprint density at radius 2 is 1.35 bits per heavy atom. The van der Waals surface area contributed by atoms with E-state index in [1.54, 1.807) is 20.7 Å². The molecule has 0 spiro atoms. The fourth-order valence-corrected chi connectivity index (χ4v) is 4.61. The normalized spacial score (nSPS) is 19.8. The summed E-state index contributed by atoms with van der Waals surface area (Å²) in [4.78, 5) is 0. The highest BCUT2D eigenvalue weighted by Gasteiger charge is 2.44. The number of hydrogen-bond donors (Lipinski definition) is 1. The molecule has 4 rings (SSSR count). The van der Waals surface area contributed by atoms with E-state index in [4.69, 9.17) is 17.0 Å². The fourth-order valence-electron chi connectivity index (χ4n) is 3.03. The molecule has 0 radical (unpaired) electrons. The number of rotatable bonds is 3. The van der Waals surface area contributed by atoms with Crippen molar-refractivity contribution in [2.45, 2.75) is 6.04 Å². The predicted octanol–water partition coefficient (Wildman–Crippen LogP) is 4.96. The molecule has 1 saturated heterocycles. The smallest absolute Gasteiger partial charge is 0.232 e. The van der Waals surface area contributed by atoms with Crippen LogP contribution in [0.1, 0.15) is 11.6 Å². The molecule has 1 heterocycles. The molecule has 2 atom stereocenters. The lowest BCUT2D eigenvalue weighted by atomic mass is 10.0. The Kier molecular flexibility index (Phi) is 4.49. The van der Waals surface area contributed by atoms with E-state index in [9.17, 15) is 4.21 Å². The number of nitrogens with zero attached hydrogens (tertiary/aromatic N) is 2. The molecule has 2 unspecified atom stereocenters. The van der Waals surface area contributed by atoms with Gasteiger partial charge in [-0.1, -0.05) is 60.1 Å². The quantitative estimate of drug-likeness (QED) is 0.684. The molecule has 6 heteroatoms. The van der Waals surface area contributed by atoms with Crippen LogP contribution in [0.15, 0.2) is 84.9 Å². The van der Waals surface area contributed by atoms with Crippen LogP contribution in [0.2, 0.25) is 5.02 Å². The first-order valence-electron chi connectivity index (χ1n) is 8.12. The molecule has 3 aromatic rings. The third-order valence-corrected chi connectivity index (χ3v) is 5.95. The molecule has 0 aliphatic carbocycles. The van der Waals surface area contributed by atoms with E-state index in [1.165, 1.54) is 0 Å². The van der Waals surface area contributed by atoms with Crippen molar-refractivity contribution in [3.63, 3.8) is 0 Å². The summed E-state index contributed by atoms with van der Waals surface area (Å²) in [5.41, 5.74) is 2.40. The van der Waals surface area contributed by atoms with Gasteiger partial charge in [0.1, 0.15) is 11.9 Å². The van der Waals surface area contributed by atoms with Gasteiger partial charge in [0.15, 0.2) is 0 Å². The zero-order chi connectivity index (χ0) is 18.1. The minimum absolute atomic E-state index is 0.265. The zero-order valence-corrected chi connectivity index (χ0v) is 15.3. The fraction of sp³-hybridized carbons (Fsp3) is 0.0500. The van der Waals surface area contributed by atoms with Gasteiger partial charge in [0.25, 0.3) is 0 Å². The first-order chi connectivity index (χ1) is 12.7. The Morgan fingerprint density at radius 3 is 1.92 bits per heavy atom. The lowest BCUT2D eigenvalue weighted by molar-refractivity contribution is 0.682. The van der Waals surface area contributed by atoms with Gasteiger partial charge in [0, 0.05) is 5.02 Å². The number of amidine groups is 1. The maximum Gasteiger partial charge on any atom is 0.232 e. The van der Waals surface area contributed by atoms with Gasteiger partial charge in [0.2, 0.25) is 11.2 Å². The lowest BCUT2D eigenvalue weighted by Crippen LogP contribution is -2.27. The molecule has 0 aromatic heterocycles. The number of anilines is 2. The van der Waals surface area contributed by atoms with Crippen molar-refractivity contribution >= 4 is 40.0 Å². The number of para-hydroxylation sites is 2. The van der Waals surface area contributed by atoms with Crippen LogP contribution in [-0.2, 0) is 11.2 Å². The van der Waals surface area contributed by atoms with Crippen molar-refractivity contribution in [1.29, 1.82) is 5.41 Å². The van der Waals surface area contributed by atoms with E-state index in [1.807, 2.05) is 72.8 Å². The van der Waals surface area contributed by atoms with Gasteiger partial charge in [0.05, 0.1) is 11.4 Å². The summed E-state index contributed by atoms with van der Waals surface area (Å²) in [5.74, 6) is 0.265. The van der Waals surface area contributed by atoms with Crippen LogP contribution in [0, 0.1) is 5.41 Å². The maximum atomic E-state index is 13.4. The molecule has 0 amide bonds. The third kappa shape index (κ3) is 2.89. The molecule has 0 saturated carbocycles. The van der Waals surface area contributed by atoms with Crippen molar-refractivity contribution in [2.24, 2.45) is 0 Å². The second-order valence-corrected chi connectivity index (χ2v) is 7.52. The Bertz CT molecular complexity index is 948. The predicted molar refractivity (Wildman–Crippen MR) is 108 cm³/mol. The molecule has 130 valence electrons. The minimum atomic E-state index is -1.56. The first kappa shape index (κ1) is 16.8. The molecule has 1 fully saturated rings. The van der Waals surface area contributed by atoms with Gasteiger partial charge >= 0.3 is 0 Å². The molecule has 1 N–H and O–H groups in total. The summed E-state index contributed by atoms with van der Waals surface area (Å²) in [6, 6.07) is 25.8. The van der Waals surface area contributed by atoms with E-state index >= 15 is 0 Å². The number of nitrogens with one attached hydrogen (secondary N) is 1. The molecule has 1 aliphatic heterocycles. The number of benzene rings is 3. The molecule has 1 aliphatic rings. The molecule has 4 nitrogen and oxygen atoms in total. The van der Waals surface area contributed by atoms with Gasteiger partial charge in [-0.05, 0) is 42.0 Å². The zero-order valence-electron chi connectivity index (χ0n) is 13.7. The van der Waals surface area contributed by atoms with Gasteiger partial charge in [-0.25, -0.2) is 8.51 Å². The number of hydrogen-bond acceptors (Lipinski definition) is 2. The topological polar surface area (TPSA) is 47.4 Å². The minimum Gasteiger partial charge on any atom is -0.285 e. The standard InChI is InChI=1S/C20H16ClN3OS/c21-16-13-11-15(12-14-16)19-20(22)24(18-9-5-2-6-10-18)26(25)23(19)17-7-3-1-4-8-17/h1-14,19,22H. The molecule has 26 heavy (non-hydrogen) atoms. The van der Waals surface area contributed by atoms with E-state index in [0.29, 0.717) is 5.02 Å². The van der Waals surface area contributed by atoms with E-state index < -0.39 is 17.2 Å². The van der Waals surface area contributed by atoms with Crippen LogP contribution in [0.5, 0.6) is 0 Å². The van der Waals surface area contributed by atoms with Crippen LogP contribution >= 0.6 is 11.6 Å². The average molecular weight is 382 g/mol. The second kappa shape index (κ2) is 6.94. The van der Waals surface area contributed by atoms with E-state index in [-0.39, 0.29) is 5.84 Å². The average Bonchev–Trinajstić information content (AvgIpc) is 2.94. The summed E-state index contributed by atoms with van der Waals surface area (Å²) in [6.07, 6.45) is 0. The van der Waals surface area contributed by atoms with E-state index in [0.717, 1.165) is 16.9 Å². The molecule has 3 aromatic carbocycles. The van der Waals surface area contributed by atoms with Crippen molar-refractivity contribution in [3.05, 3.63) is 95.5 Å². The van der Waals surface area contributed by atoms with Crippen LogP contribution in [0.25, 0.3) is 0 Å². The highest BCUT2D eigenvalue weighted by Crippen LogP contribution is 2.39. The summed E-state index contributed by atoms with van der Waals surface area (Å²) in [6.45, 7) is 0. The Hall–Kier alpha value is -2.63. The molecular weight excluding hydrogens is 366 g/mol. The van der Waals surface area contributed by atoms with Crippen molar-refractivity contribution in [3.8, 4) is 0 Å².